The van der Waals surface area contributed by atoms with Crippen LogP contribution in [0.2, 0.25) is 0 Å². The van der Waals surface area contributed by atoms with Gasteiger partial charge in [0.25, 0.3) is 0 Å². The van der Waals surface area contributed by atoms with Gasteiger partial charge >= 0.3 is 6.18 Å². The first kappa shape index (κ1) is 15.4. The average molecular weight is 364 g/mol. The Morgan fingerprint density at radius 2 is 2.05 bits per heavy atom. The number of halogens is 4. The first-order valence-corrected chi connectivity index (χ1v) is 7.69. The molecule has 0 saturated heterocycles. The molecule has 0 radical (unpaired) electrons. The molecule has 0 aliphatic carbocycles. The largest absolute Gasteiger partial charge is 0.418 e. The second-order valence-electron chi connectivity index (χ2n) is 4.52. The monoisotopic (exact) mass is 363 g/mol. The molecule has 1 aromatic heterocycles. The van der Waals surface area contributed by atoms with Crippen LogP contribution in [0.4, 0.5) is 18.9 Å². The Morgan fingerprint density at radius 3 is 2.65 bits per heavy atom. The fraction of sp³-hybridized carbons (Fsp3) is 0.286. The van der Waals surface area contributed by atoms with Gasteiger partial charge in [-0.2, -0.15) is 13.2 Å². The lowest BCUT2D eigenvalue weighted by molar-refractivity contribution is -0.137. The van der Waals surface area contributed by atoms with Gasteiger partial charge in [-0.1, -0.05) is 22.0 Å². The van der Waals surface area contributed by atoms with Crippen LogP contribution in [-0.2, 0) is 12.6 Å². The number of hydrogen-bond acceptors (Lipinski definition) is 2. The fourth-order valence-electron chi connectivity index (χ4n) is 1.92. The molecule has 0 aliphatic heterocycles. The van der Waals surface area contributed by atoms with E-state index in [9.17, 15) is 13.2 Å². The van der Waals surface area contributed by atoms with Gasteiger partial charge in [-0.3, -0.25) is 0 Å². The van der Waals surface area contributed by atoms with Crippen molar-refractivity contribution >= 4 is 33.0 Å². The smallest absolute Gasteiger partial charge is 0.382 e. The Balaban J connectivity index is 2.16. The quantitative estimate of drug-likeness (QED) is 0.748. The molecule has 6 heteroatoms. The molecule has 1 nitrogen and oxygen atoms in total. The van der Waals surface area contributed by atoms with Crippen molar-refractivity contribution in [2.45, 2.75) is 25.6 Å². The van der Waals surface area contributed by atoms with Crippen LogP contribution in [-0.4, -0.2) is 6.04 Å². The maximum absolute atomic E-state index is 13.0. The van der Waals surface area contributed by atoms with Crippen molar-refractivity contribution in [1.82, 2.24) is 0 Å². The molecule has 20 heavy (non-hydrogen) atoms. The molecule has 1 N–H and O–H groups in total. The highest BCUT2D eigenvalue weighted by atomic mass is 79.9. The second-order valence-corrected chi connectivity index (χ2v) is 6.46. The molecule has 1 unspecified atom stereocenters. The minimum atomic E-state index is -4.37. The molecule has 1 aromatic carbocycles. The minimum absolute atomic E-state index is 0.0732. The number of thiophene rings is 1. The van der Waals surface area contributed by atoms with Crippen LogP contribution >= 0.6 is 27.3 Å². The maximum atomic E-state index is 13.0. The summed E-state index contributed by atoms with van der Waals surface area (Å²) < 4.78 is 39.4. The van der Waals surface area contributed by atoms with Crippen molar-refractivity contribution in [2.24, 2.45) is 0 Å². The van der Waals surface area contributed by atoms with E-state index >= 15 is 0 Å². The number of nitrogens with one attached hydrogen (secondary N) is 1. The van der Waals surface area contributed by atoms with Crippen molar-refractivity contribution < 1.29 is 13.2 Å². The number of hydrogen-bond donors (Lipinski definition) is 1. The number of alkyl halides is 3. The Morgan fingerprint density at radius 1 is 1.30 bits per heavy atom. The molecule has 0 saturated carbocycles. The first-order valence-electron chi connectivity index (χ1n) is 6.02. The van der Waals surface area contributed by atoms with Gasteiger partial charge in [-0.25, -0.2) is 0 Å². The molecule has 108 valence electrons. The summed E-state index contributed by atoms with van der Waals surface area (Å²) >= 11 is 4.68. The van der Waals surface area contributed by atoms with Gasteiger partial charge < -0.3 is 5.32 Å². The second kappa shape index (κ2) is 6.18. The van der Waals surface area contributed by atoms with Crippen LogP contribution in [0.25, 0.3) is 0 Å². The minimum Gasteiger partial charge on any atom is -0.382 e. The SMILES string of the molecule is CC(Cc1cccs1)Nc1ccc(Br)cc1C(F)(F)F. The van der Waals surface area contributed by atoms with Gasteiger partial charge in [0.1, 0.15) is 0 Å². The predicted octanol–water partition coefficient (Wildman–Crippen LogP) is 5.57. The molecular weight excluding hydrogens is 351 g/mol. The summed E-state index contributed by atoms with van der Waals surface area (Å²) in [5, 5.41) is 4.91. The molecular formula is C14H13BrF3NS. The number of anilines is 1. The third-order valence-electron chi connectivity index (χ3n) is 2.78. The molecule has 1 atom stereocenters. The Labute approximate surface area is 128 Å². The zero-order chi connectivity index (χ0) is 14.8. The number of rotatable bonds is 4. The van der Waals surface area contributed by atoms with E-state index in [1.807, 2.05) is 24.4 Å². The third kappa shape index (κ3) is 3.99. The Kier molecular flexibility index (Phi) is 4.75. The van der Waals surface area contributed by atoms with Crippen LogP contribution in [0.1, 0.15) is 17.4 Å². The Hall–Kier alpha value is -1.01. The lowest BCUT2D eigenvalue weighted by atomic mass is 10.1. The van der Waals surface area contributed by atoms with Crippen molar-refractivity contribution in [3.05, 3.63) is 50.6 Å². The summed E-state index contributed by atoms with van der Waals surface area (Å²) in [4.78, 5) is 1.15. The predicted molar refractivity (Wildman–Crippen MR) is 80.3 cm³/mol. The first-order chi connectivity index (χ1) is 9.36. The molecule has 0 bridgehead atoms. The molecule has 0 aliphatic rings. The molecule has 1 heterocycles. The lowest BCUT2D eigenvalue weighted by Gasteiger charge is -2.19. The van der Waals surface area contributed by atoms with Crippen LogP contribution in [0.15, 0.2) is 40.2 Å². The van der Waals surface area contributed by atoms with E-state index in [-0.39, 0.29) is 11.7 Å². The highest BCUT2D eigenvalue weighted by Gasteiger charge is 2.34. The summed E-state index contributed by atoms with van der Waals surface area (Å²) in [6.07, 6.45) is -3.67. The summed E-state index contributed by atoms with van der Waals surface area (Å²) in [5.74, 6) is 0. The zero-order valence-corrected chi connectivity index (χ0v) is 13.1. The van der Waals surface area contributed by atoms with Crippen molar-refractivity contribution in [1.29, 1.82) is 0 Å². The van der Waals surface area contributed by atoms with Crippen LogP contribution in [0.3, 0.4) is 0 Å². The highest BCUT2D eigenvalue weighted by Crippen LogP contribution is 2.37. The maximum Gasteiger partial charge on any atom is 0.418 e. The van der Waals surface area contributed by atoms with E-state index in [1.165, 1.54) is 6.07 Å². The molecule has 0 amide bonds. The van der Waals surface area contributed by atoms with Crippen LogP contribution in [0, 0.1) is 0 Å². The summed E-state index contributed by atoms with van der Waals surface area (Å²) in [6, 6.07) is 8.01. The van der Waals surface area contributed by atoms with E-state index in [1.54, 1.807) is 17.4 Å². The van der Waals surface area contributed by atoms with Crippen molar-refractivity contribution in [3.8, 4) is 0 Å². The number of benzene rings is 1. The zero-order valence-electron chi connectivity index (χ0n) is 10.7. The normalized spacial score (nSPS) is 13.2. The van der Waals surface area contributed by atoms with Gasteiger partial charge in [-0.15, -0.1) is 11.3 Å². The van der Waals surface area contributed by atoms with Gasteiger partial charge in [0, 0.05) is 27.5 Å². The summed E-state index contributed by atoms with van der Waals surface area (Å²) in [6.45, 7) is 1.88. The van der Waals surface area contributed by atoms with E-state index in [0.717, 1.165) is 10.9 Å². The van der Waals surface area contributed by atoms with Gasteiger partial charge in [0.15, 0.2) is 0 Å². The van der Waals surface area contributed by atoms with Crippen LogP contribution in [0.5, 0.6) is 0 Å². The van der Waals surface area contributed by atoms with Crippen molar-refractivity contribution in [2.75, 3.05) is 5.32 Å². The van der Waals surface area contributed by atoms with Gasteiger partial charge in [0.05, 0.1) is 5.56 Å². The molecule has 0 fully saturated rings. The van der Waals surface area contributed by atoms with Gasteiger partial charge in [0.2, 0.25) is 0 Å². The summed E-state index contributed by atoms with van der Waals surface area (Å²) in [7, 11) is 0. The van der Waals surface area contributed by atoms with Gasteiger partial charge in [-0.05, 0) is 36.6 Å². The molecule has 0 spiro atoms. The molecule has 2 rings (SSSR count). The van der Waals surface area contributed by atoms with E-state index in [0.29, 0.717) is 10.9 Å². The van der Waals surface area contributed by atoms with E-state index in [2.05, 4.69) is 21.2 Å². The fourth-order valence-corrected chi connectivity index (χ4v) is 3.12. The Bertz CT molecular complexity index is 566. The van der Waals surface area contributed by atoms with E-state index in [4.69, 9.17) is 0 Å². The third-order valence-corrected chi connectivity index (χ3v) is 4.17. The highest BCUT2D eigenvalue weighted by molar-refractivity contribution is 9.10. The molecule has 2 aromatic rings. The standard InChI is InChI=1S/C14H13BrF3NS/c1-9(7-11-3-2-6-20-11)19-13-5-4-10(15)8-12(13)14(16,17)18/h2-6,8-9,19H,7H2,1H3. The van der Waals surface area contributed by atoms with E-state index < -0.39 is 11.7 Å². The summed E-state index contributed by atoms with van der Waals surface area (Å²) in [5.41, 5.74) is -0.533. The lowest BCUT2D eigenvalue weighted by Crippen LogP contribution is -2.20. The topological polar surface area (TPSA) is 12.0 Å². The average Bonchev–Trinajstić information content (AvgIpc) is 2.82. The van der Waals surface area contributed by atoms with Crippen LogP contribution < -0.4 is 5.32 Å². The van der Waals surface area contributed by atoms with Crippen molar-refractivity contribution in [3.63, 3.8) is 0 Å².